The van der Waals surface area contributed by atoms with Crippen molar-refractivity contribution >= 4 is 27.6 Å². The van der Waals surface area contributed by atoms with Gasteiger partial charge in [0.2, 0.25) is 21.7 Å². The van der Waals surface area contributed by atoms with Gasteiger partial charge in [-0.1, -0.05) is 30.3 Å². The summed E-state index contributed by atoms with van der Waals surface area (Å²) < 4.78 is 27.9. The normalized spacial score (nSPS) is 13.2. The van der Waals surface area contributed by atoms with Gasteiger partial charge in [0.25, 0.3) is 11.5 Å². The molecule has 2 aromatic carbocycles. The molecule has 0 bridgehead atoms. The third-order valence-electron chi connectivity index (χ3n) is 5.62. The van der Waals surface area contributed by atoms with Crippen molar-refractivity contribution in [2.75, 3.05) is 25.5 Å². The highest BCUT2D eigenvalue weighted by Crippen LogP contribution is 2.28. The number of anilines is 2. The minimum atomic E-state index is -3.75. The Kier molecular flexibility index (Phi) is 6.15. The zero-order chi connectivity index (χ0) is 24.6. The van der Waals surface area contributed by atoms with Gasteiger partial charge in [-0.15, -0.1) is 0 Å². The number of carbonyl (C=O) groups is 1. The average Bonchev–Trinajstić information content (AvgIpc) is 3.25. The van der Waals surface area contributed by atoms with E-state index in [0.717, 1.165) is 15.6 Å². The molecule has 2 heterocycles. The highest BCUT2D eigenvalue weighted by atomic mass is 32.2. The van der Waals surface area contributed by atoms with Gasteiger partial charge in [0.05, 0.1) is 4.90 Å². The monoisotopic (exact) mass is 483 g/mol. The van der Waals surface area contributed by atoms with Crippen molar-refractivity contribution in [3.63, 3.8) is 0 Å². The van der Waals surface area contributed by atoms with Gasteiger partial charge in [-0.3, -0.25) is 14.2 Å². The summed E-state index contributed by atoms with van der Waals surface area (Å²) in [7, 11) is -0.888. The molecule has 10 nitrogen and oxygen atoms in total. The van der Waals surface area contributed by atoms with E-state index in [1.807, 2.05) is 30.3 Å². The number of fused-ring (bicyclic) bond motifs is 1. The molecule has 0 radical (unpaired) electrons. The lowest BCUT2D eigenvalue weighted by molar-refractivity contribution is 0.0942. The van der Waals surface area contributed by atoms with Crippen molar-refractivity contribution in [2.24, 2.45) is 0 Å². The van der Waals surface area contributed by atoms with E-state index in [1.165, 1.54) is 24.7 Å². The summed E-state index contributed by atoms with van der Waals surface area (Å²) in [5.41, 5.74) is 0.803. The standard InChI is InChI=1S/C23H25N5O5S/c1-15-9-10-16(18(13-15)34(32,33)26(2)3)14-24-21(30)19-20(29)22(31)28-12-11-27(23(28)25-19)17-7-5-4-6-8-17/h4-10,13,29H,11-12,14H2,1-3H3,(H,24,30). The van der Waals surface area contributed by atoms with Gasteiger partial charge in [0, 0.05) is 39.4 Å². The Morgan fingerprint density at radius 1 is 1.15 bits per heavy atom. The maximum Gasteiger partial charge on any atom is 0.298 e. The number of rotatable bonds is 6. The van der Waals surface area contributed by atoms with Crippen molar-refractivity contribution in [1.82, 2.24) is 19.2 Å². The van der Waals surface area contributed by atoms with E-state index >= 15 is 0 Å². The number of nitrogens with zero attached hydrogens (tertiary/aromatic N) is 4. The lowest BCUT2D eigenvalue weighted by atomic mass is 10.1. The largest absolute Gasteiger partial charge is 0.501 e. The van der Waals surface area contributed by atoms with Crippen LogP contribution in [0.4, 0.5) is 11.6 Å². The summed E-state index contributed by atoms with van der Waals surface area (Å²) in [4.78, 5) is 31.8. The molecule has 0 aliphatic carbocycles. The Bertz CT molecular complexity index is 1420. The highest BCUT2D eigenvalue weighted by Gasteiger charge is 2.29. The van der Waals surface area contributed by atoms with Crippen LogP contribution in [0, 0.1) is 6.92 Å². The molecule has 0 atom stereocenters. The Balaban J connectivity index is 1.65. The molecule has 34 heavy (non-hydrogen) atoms. The molecular weight excluding hydrogens is 458 g/mol. The number of sulfonamides is 1. The minimum absolute atomic E-state index is 0.0688. The maximum absolute atomic E-state index is 12.9. The van der Waals surface area contributed by atoms with E-state index < -0.39 is 32.9 Å². The molecule has 1 aliphatic rings. The van der Waals surface area contributed by atoms with Gasteiger partial charge in [-0.25, -0.2) is 17.7 Å². The van der Waals surface area contributed by atoms with Crippen molar-refractivity contribution in [1.29, 1.82) is 0 Å². The molecule has 178 valence electrons. The van der Waals surface area contributed by atoms with Crippen molar-refractivity contribution in [2.45, 2.75) is 24.9 Å². The van der Waals surface area contributed by atoms with Gasteiger partial charge in [0.1, 0.15) is 0 Å². The van der Waals surface area contributed by atoms with Crippen LogP contribution in [0.3, 0.4) is 0 Å². The lowest BCUT2D eigenvalue weighted by Crippen LogP contribution is -2.30. The number of hydrogen-bond acceptors (Lipinski definition) is 7. The fourth-order valence-electron chi connectivity index (χ4n) is 3.76. The SMILES string of the molecule is Cc1ccc(CNC(=O)c2nc3n(c(=O)c2O)CCN3c2ccccc2)c(S(=O)(=O)N(C)C)c1. The van der Waals surface area contributed by atoms with Crippen LogP contribution in [-0.4, -0.2) is 53.9 Å². The number of benzene rings is 2. The Hall–Kier alpha value is -3.70. The van der Waals surface area contributed by atoms with Crippen LogP contribution in [0.15, 0.2) is 58.2 Å². The van der Waals surface area contributed by atoms with Crippen LogP contribution in [0.2, 0.25) is 0 Å². The van der Waals surface area contributed by atoms with E-state index in [0.29, 0.717) is 18.7 Å². The second kappa shape index (κ2) is 8.92. The lowest BCUT2D eigenvalue weighted by Gasteiger charge is -2.18. The molecular formula is C23H25N5O5S. The molecule has 4 rings (SSSR count). The first-order chi connectivity index (χ1) is 16.1. The molecule has 0 spiro atoms. The molecule has 0 saturated heterocycles. The summed E-state index contributed by atoms with van der Waals surface area (Å²) in [6, 6.07) is 14.2. The van der Waals surface area contributed by atoms with Crippen molar-refractivity contribution in [3.8, 4) is 5.75 Å². The zero-order valence-electron chi connectivity index (χ0n) is 19.0. The number of aromatic hydroxyl groups is 1. The van der Waals surface area contributed by atoms with Gasteiger partial charge in [-0.05, 0) is 36.2 Å². The number of nitrogens with one attached hydrogen (secondary N) is 1. The van der Waals surface area contributed by atoms with Crippen LogP contribution in [0.5, 0.6) is 5.75 Å². The molecule has 1 aliphatic heterocycles. The van der Waals surface area contributed by atoms with Crippen molar-refractivity contribution < 1.29 is 18.3 Å². The van der Waals surface area contributed by atoms with E-state index in [4.69, 9.17) is 0 Å². The van der Waals surface area contributed by atoms with Gasteiger partial charge in [0.15, 0.2) is 5.69 Å². The first kappa shape index (κ1) is 23.5. The average molecular weight is 484 g/mol. The molecule has 0 saturated carbocycles. The molecule has 2 N–H and O–H groups in total. The van der Waals surface area contributed by atoms with E-state index in [2.05, 4.69) is 10.3 Å². The maximum atomic E-state index is 12.9. The summed E-state index contributed by atoms with van der Waals surface area (Å²) >= 11 is 0. The molecule has 1 amide bonds. The van der Waals surface area contributed by atoms with Gasteiger partial charge >= 0.3 is 0 Å². The molecule has 3 aromatic rings. The second-order valence-corrected chi connectivity index (χ2v) is 10.3. The van der Waals surface area contributed by atoms with Crippen LogP contribution < -0.4 is 15.8 Å². The van der Waals surface area contributed by atoms with E-state index in [-0.39, 0.29) is 17.4 Å². The Morgan fingerprint density at radius 2 is 1.85 bits per heavy atom. The number of hydrogen-bond donors (Lipinski definition) is 2. The molecule has 0 fully saturated rings. The van der Waals surface area contributed by atoms with Crippen molar-refractivity contribution in [3.05, 3.63) is 75.7 Å². The number of aryl methyl sites for hydroxylation is 1. The number of aromatic nitrogens is 2. The predicted octanol–water partition coefficient (Wildman–Crippen LogP) is 1.59. The fraction of sp³-hybridized carbons (Fsp3) is 0.261. The molecule has 1 aromatic heterocycles. The Labute approximate surface area is 197 Å². The minimum Gasteiger partial charge on any atom is -0.501 e. The van der Waals surface area contributed by atoms with Crippen LogP contribution in [0.25, 0.3) is 0 Å². The summed E-state index contributed by atoms with van der Waals surface area (Å²) in [5, 5.41) is 13.0. The second-order valence-electron chi connectivity index (χ2n) is 8.13. The zero-order valence-corrected chi connectivity index (χ0v) is 19.8. The predicted molar refractivity (Wildman–Crippen MR) is 127 cm³/mol. The number of para-hydroxylation sites is 1. The van der Waals surface area contributed by atoms with Gasteiger partial charge < -0.3 is 15.3 Å². The number of amides is 1. The van der Waals surface area contributed by atoms with E-state index in [9.17, 15) is 23.1 Å². The topological polar surface area (TPSA) is 125 Å². The number of carbonyl (C=O) groups excluding carboxylic acids is 1. The van der Waals surface area contributed by atoms with Crippen LogP contribution >= 0.6 is 0 Å². The summed E-state index contributed by atoms with van der Waals surface area (Å²) in [5.74, 6) is -1.28. The summed E-state index contributed by atoms with van der Waals surface area (Å²) in [6.45, 7) is 2.42. The first-order valence-electron chi connectivity index (χ1n) is 10.6. The highest BCUT2D eigenvalue weighted by molar-refractivity contribution is 7.89. The third-order valence-corrected chi connectivity index (χ3v) is 7.51. The third kappa shape index (κ3) is 4.15. The quantitative estimate of drug-likeness (QED) is 0.545. The molecule has 11 heteroatoms. The Morgan fingerprint density at radius 3 is 2.53 bits per heavy atom. The van der Waals surface area contributed by atoms with Gasteiger partial charge in [-0.2, -0.15) is 0 Å². The van der Waals surface area contributed by atoms with Crippen LogP contribution in [-0.2, 0) is 23.1 Å². The summed E-state index contributed by atoms with van der Waals surface area (Å²) in [6.07, 6.45) is 0. The van der Waals surface area contributed by atoms with Crippen LogP contribution in [0.1, 0.15) is 21.6 Å². The first-order valence-corrected chi connectivity index (χ1v) is 12.0. The molecule has 0 unspecified atom stereocenters. The van der Waals surface area contributed by atoms with E-state index in [1.54, 1.807) is 24.0 Å². The fourth-order valence-corrected chi connectivity index (χ4v) is 4.96. The smallest absolute Gasteiger partial charge is 0.298 e.